The van der Waals surface area contributed by atoms with Gasteiger partial charge in [-0.2, -0.15) is 4.39 Å². The molecule has 3 rings (SSSR count). The number of benzene rings is 1. The predicted octanol–water partition coefficient (Wildman–Crippen LogP) is 4.30. The van der Waals surface area contributed by atoms with E-state index in [4.69, 9.17) is 9.47 Å². The topological polar surface area (TPSA) is 42.9 Å². The Morgan fingerprint density at radius 1 is 1.38 bits per heavy atom. The molecule has 5 heteroatoms. The fraction of sp³-hybridized carbons (Fsp3) is 0.421. The summed E-state index contributed by atoms with van der Waals surface area (Å²) in [6.45, 7) is 9.55. The van der Waals surface area contributed by atoms with Crippen LogP contribution in [0.25, 0.3) is 0 Å². The van der Waals surface area contributed by atoms with Crippen molar-refractivity contribution in [1.29, 1.82) is 0 Å². The van der Waals surface area contributed by atoms with Crippen LogP contribution in [0.4, 0.5) is 4.39 Å². The van der Waals surface area contributed by atoms with E-state index in [0.29, 0.717) is 12.0 Å². The average Bonchev–Trinajstić information content (AvgIpc) is 3.20. The summed E-state index contributed by atoms with van der Waals surface area (Å²) in [5.41, 5.74) is 1.98. The van der Waals surface area contributed by atoms with Gasteiger partial charge in [0.25, 0.3) is 0 Å². The number of aliphatic imine (C=N–C) groups is 1. The minimum atomic E-state index is -0.683. The van der Waals surface area contributed by atoms with Crippen LogP contribution in [0, 0.1) is 5.92 Å². The third-order valence-electron chi connectivity index (χ3n) is 4.71. The van der Waals surface area contributed by atoms with E-state index in [0.717, 1.165) is 41.9 Å². The Morgan fingerprint density at radius 3 is 3.00 bits per heavy atom. The monoisotopic (exact) mass is 330 g/mol. The molecule has 1 fully saturated rings. The first-order chi connectivity index (χ1) is 11.5. The third-order valence-corrected chi connectivity index (χ3v) is 4.71. The van der Waals surface area contributed by atoms with Crippen molar-refractivity contribution in [2.75, 3.05) is 6.79 Å². The lowest BCUT2D eigenvalue weighted by Crippen LogP contribution is -2.29. The van der Waals surface area contributed by atoms with E-state index in [2.05, 4.69) is 36.5 Å². The number of allylic oxidation sites excluding steroid dienone is 1. The van der Waals surface area contributed by atoms with Gasteiger partial charge >= 0.3 is 0 Å². The fourth-order valence-electron chi connectivity index (χ4n) is 3.47. The molecule has 1 N–H and O–H groups in total. The van der Waals surface area contributed by atoms with E-state index >= 15 is 0 Å². The van der Waals surface area contributed by atoms with Gasteiger partial charge in [-0.15, -0.1) is 0 Å². The van der Waals surface area contributed by atoms with Crippen LogP contribution in [0.5, 0.6) is 11.5 Å². The Morgan fingerprint density at radius 2 is 2.21 bits per heavy atom. The summed E-state index contributed by atoms with van der Waals surface area (Å²) in [4.78, 5) is 3.61. The lowest BCUT2D eigenvalue weighted by molar-refractivity contribution is 0.172. The Kier molecular flexibility index (Phi) is 5.00. The van der Waals surface area contributed by atoms with Gasteiger partial charge in [-0.25, -0.2) is 4.99 Å². The van der Waals surface area contributed by atoms with Gasteiger partial charge in [-0.3, -0.25) is 0 Å². The molecule has 0 bridgehead atoms. The van der Waals surface area contributed by atoms with E-state index in [-0.39, 0.29) is 12.8 Å². The highest BCUT2D eigenvalue weighted by Gasteiger charge is 2.28. The van der Waals surface area contributed by atoms with Crippen molar-refractivity contribution in [3.05, 3.63) is 48.4 Å². The summed E-state index contributed by atoms with van der Waals surface area (Å²) >= 11 is 0. The molecule has 0 saturated heterocycles. The molecule has 0 amide bonds. The minimum absolute atomic E-state index is 0.165. The molecular weight excluding hydrogens is 307 g/mol. The van der Waals surface area contributed by atoms with Crippen molar-refractivity contribution in [2.24, 2.45) is 10.9 Å². The van der Waals surface area contributed by atoms with Crippen molar-refractivity contribution in [3.8, 4) is 11.5 Å². The SMILES string of the molecule is C=C(F)/N=C\C(=C)[C@@H]1CC[C@H](N[C@H](C)c2cccc3c2OCO3)C1. The highest BCUT2D eigenvalue weighted by molar-refractivity contribution is 5.79. The van der Waals surface area contributed by atoms with E-state index in [1.807, 2.05) is 12.1 Å². The second kappa shape index (κ2) is 7.18. The first-order valence-corrected chi connectivity index (χ1v) is 8.26. The predicted molar refractivity (Wildman–Crippen MR) is 93.1 cm³/mol. The van der Waals surface area contributed by atoms with Gasteiger partial charge in [0.1, 0.15) is 0 Å². The summed E-state index contributed by atoms with van der Waals surface area (Å²) in [5, 5.41) is 3.66. The zero-order chi connectivity index (χ0) is 17.1. The van der Waals surface area contributed by atoms with Gasteiger partial charge in [-0.1, -0.05) is 18.7 Å². The first-order valence-electron chi connectivity index (χ1n) is 8.26. The highest BCUT2D eigenvalue weighted by atomic mass is 19.1. The number of para-hydroxylation sites is 1. The molecule has 0 spiro atoms. The zero-order valence-electron chi connectivity index (χ0n) is 13.9. The lowest BCUT2D eigenvalue weighted by atomic mass is 9.99. The maximum atomic E-state index is 12.6. The molecule has 1 aliphatic carbocycles. The Labute approximate surface area is 142 Å². The van der Waals surface area contributed by atoms with E-state index < -0.39 is 5.95 Å². The van der Waals surface area contributed by atoms with Crippen LogP contribution in [0.3, 0.4) is 0 Å². The normalized spacial score (nSPS) is 23.6. The minimum Gasteiger partial charge on any atom is -0.454 e. The van der Waals surface area contributed by atoms with E-state index in [1.165, 1.54) is 6.21 Å². The second-order valence-corrected chi connectivity index (χ2v) is 6.39. The van der Waals surface area contributed by atoms with Gasteiger partial charge in [0.05, 0.1) is 0 Å². The maximum absolute atomic E-state index is 12.6. The van der Waals surface area contributed by atoms with Crippen LogP contribution in [0.2, 0.25) is 0 Å². The van der Waals surface area contributed by atoms with E-state index in [1.54, 1.807) is 0 Å². The van der Waals surface area contributed by atoms with Crippen LogP contribution in [0.15, 0.2) is 47.9 Å². The smallest absolute Gasteiger partial charge is 0.231 e. The molecule has 4 nitrogen and oxygen atoms in total. The van der Waals surface area contributed by atoms with Crippen molar-refractivity contribution in [2.45, 2.75) is 38.3 Å². The number of halogens is 1. The molecule has 1 aliphatic heterocycles. The molecule has 0 unspecified atom stereocenters. The molecule has 1 aromatic rings. The Bertz CT molecular complexity index is 671. The van der Waals surface area contributed by atoms with Crippen molar-refractivity contribution < 1.29 is 13.9 Å². The standard InChI is InChI=1S/C19H23FN2O2/c1-12(10-21-14(3)20)15-7-8-16(9-15)22-13(2)17-5-4-6-18-19(17)24-11-23-18/h4-6,10,13,15-16,22H,1,3,7-9,11H2,2H3/b21-10-/t13-,15-,16+/m1/s1. The maximum Gasteiger partial charge on any atom is 0.231 e. The van der Waals surface area contributed by atoms with Crippen LogP contribution >= 0.6 is 0 Å². The number of nitrogens with zero attached hydrogens (tertiary/aromatic N) is 1. The number of fused-ring (bicyclic) bond motifs is 1. The number of rotatable bonds is 6. The van der Waals surface area contributed by atoms with Crippen LogP contribution in [0.1, 0.15) is 37.8 Å². The summed E-state index contributed by atoms with van der Waals surface area (Å²) in [7, 11) is 0. The van der Waals surface area contributed by atoms with Crippen LogP contribution in [-0.2, 0) is 0 Å². The van der Waals surface area contributed by atoms with Gasteiger partial charge in [0, 0.05) is 23.9 Å². The zero-order valence-corrected chi connectivity index (χ0v) is 13.9. The molecule has 3 atom stereocenters. The molecule has 1 heterocycles. The highest BCUT2D eigenvalue weighted by Crippen LogP contribution is 2.39. The molecule has 1 aromatic carbocycles. The quantitative estimate of drug-likeness (QED) is 0.624. The molecule has 128 valence electrons. The van der Waals surface area contributed by atoms with Gasteiger partial charge in [0.2, 0.25) is 12.7 Å². The molecule has 0 radical (unpaired) electrons. The largest absolute Gasteiger partial charge is 0.454 e. The van der Waals surface area contributed by atoms with Crippen molar-refractivity contribution >= 4 is 6.21 Å². The first kappa shape index (κ1) is 16.7. The fourth-order valence-corrected chi connectivity index (χ4v) is 3.47. The molecule has 1 saturated carbocycles. The molecule has 2 aliphatic rings. The van der Waals surface area contributed by atoms with E-state index in [9.17, 15) is 4.39 Å². The molecule has 0 aromatic heterocycles. The number of ether oxygens (including phenoxy) is 2. The summed E-state index contributed by atoms with van der Waals surface area (Å²) in [5.74, 6) is 1.29. The third kappa shape index (κ3) is 3.67. The van der Waals surface area contributed by atoms with Crippen molar-refractivity contribution in [1.82, 2.24) is 5.32 Å². The summed E-state index contributed by atoms with van der Waals surface area (Å²) in [6, 6.07) is 6.53. The number of hydrogen-bond donors (Lipinski definition) is 1. The molecule has 24 heavy (non-hydrogen) atoms. The summed E-state index contributed by atoms with van der Waals surface area (Å²) < 4.78 is 23.7. The Balaban J connectivity index is 1.59. The van der Waals surface area contributed by atoms with Gasteiger partial charge in [-0.05, 0) is 50.3 Å². The number of hydrogen-bond acceptors (Lipinski definition) is 4. The number of nitrogens with one attached hydrogen (secondary N) is 1. The second-order valence-electron chi connectivity index (χ2n) is 6.39. The van der Waals surface area contributed by atoms with Gasteiger partial charge < -0.3 is 14.8 Å². The van der Waals surface area contributed by atoms with Crippen LogP contribution < -0.4 is 14.8 Å². The summed E-state index contributed by atoms with van der Waals surface area (Å²) in [6.07, 6.45) is 4.56. The average molecular weight is 330 g/mol. The lowest BCUT2D eigenvalue weighted by Gasteiger charge is -2.21. The Hall–Kier alpha value is -2.14. The van der Waals surface area contributed by atoms with Gasteiger partial charge in [0.15, 0.2) is 11.5 Å². The van der Waals surface area contributed by atoms with Crippen molar-refractivity contribution in [3.63, 3.8) is 0 Å². The molecular formula is C19H23FN2O2. The van der Waals surface area contributed by atoms with Crippen LogP contribution in [-0.4, -0.2) is 19.0 Å².